The number of carbonyl (C=O) groups excluding carboxylic acids is 2. The van der Waals surface area contributed by atoms with Crippen LogP contribution in [0.3, 0.4) is 0 Å². The largest absolute Gasteiger partial charge is 0.355 e. The van der Waals surface area contributed by atoms with E-state index in [-0.39, 0.29) is 35.1 Å². The topological polar surface area (TPSA) is 61.4 Å². The van der Waals surface area contributed by atoms with E-state index in [2.05, 4.69) is 15.5 Å². The second kappa shape index (κ2) is 9.03. The van der Waals surface area contributed by atoms with Gasteiger partial charge < -0.3 is 10.6 Å². The molecule has 2 amide bonds. The summed E-state index contributed by atoms with van der Waals surface area (Å²) in [6, 6.07) is 7.44. The quantitative estimate of drug-likeness (QED) is 0.754. The van der Waals surface area contributed by atoms with E-state index in [1.807, 2.05) is 19.2 Å². The minimum Gasteiger partial charge on any atom is -0.355 e. The molecule has 2 N–H and O–H groups in total. The highest BCUT2D eigenvalue weighted by molar-refractivity contribution is 5.76. The van der Waals surface area contributed by atoms with E-state index in [1.165, 1.54) is 13.0 Å². The lowest BCUT2D eigenvalue weighted by Gasteiger charge is -2.31. The average molecular weight is 390 g/mol. The zero-order valence-electron chi connectivity index (χ0n) is 17.0. The number of nitrogens with one attached hydrogen (secondary N) is 2. The van der Waals surface area contributed by atoms with Crippen LogP contribution in [0.1, 0.15) is 57.4 Å². The number of benzene rings is 1. The molecule has 28 heavy (non-hydrogen) atoms. The Hall–Kier alpha value is -1.95. The molecule has 5 nitrogen and oxygen atoms in total. The Labute approximate surface area is 167 Å². The van der Waals surface area contributed by atoms with Gasteiger partial charge in [0.2, 0.25) is 11.8 Å². The molecule has 1 saturated carbocycles. The summed E-state index contributed by atoms with van der Waals surface area (Å²) in [7, 11) is 2.02. The first-order chi connectivity index (χ1) is 13.4. The van der Waals surface area contributed by atoms with E-state index in [1.54, 1.807) is 6.07 Å². The second-order valence-electron chi connectivity index (χ2n) is 8.44. The molecule has 1 heterocycles. The molecule has 1 aromatic carbocycles. The molecule has 0 radical (unpaired) electrons. The van der Waals surface area contributed by atoms with E-state index in [9.17, 15) is 14.0 Å². The van der Waals surface area contributed by atoms with Crippen LogP contribution < -0.4 is 10.6 Å². The third-order valence-electron chi connectivity index (χ3n) is 6.62. The standard InChI is InChI=1S/C22H32FN3O2/c1-16(27)24-14-18-10-9-17(26(18)2)13-21(28)25-15-22(11-5-6-12-22)19-7-3-4-8-20(19)23/h3-4,7-8,17-18H,5-6,9-15H2,1-2H3,(H,24,27)(H,25,28)/t17-,18+/m0/s1. The summed E-state index contributed by atoms with van der Waals surface area (Å²) >= 11 is 0. The van der Waals surface area contributed by atoms with Gasteiger partial charge in [0.1, 0.15) is 5.82 Å². The van der Waals surface area contributed by atoms with Crippen molar-refractivity contribution in [3.63, 3.8) is 0 Å². The van der Waals surface area contributed by atoms with Gasteiger partial charge in [-0.3, -0.25) is 14.5 Å². The molecule has 2 atom stereocenters. The fourth-order valence-electron chi connectivity index (χ4n) is 4.88. The van der Waals surface area contributed by atoms with E-state index in [4.69, 9.17) is 0 Å². The predicted octanol–water partition coefficient (Wildman–Crippen LogP) is 2.74. The lowest BCUT2D eigenvalue weighted by atomic mass is 9.78. The van der Waals surface area contributed by atoms with Crippen LogP contribution in [0.25, 0.3) is 0 Å². The molecule has 0 bridgehead atoms. The van der Waals surface area contributed by atoms with Crippen LogP contribution in [0.15, 0.2) is 24.3 Å². The molecule has 1 saturated heterocycles. The van der Waals surface area contributed by atoms with Crippen molar-refractivity contribution in [2.45, 2.75) is 69.4 Å². The Morgan fingerprint density at radius 2 is 1.82 bits per heavy atom. The summed E-state index contributed by atoms with van der Waals surface area (Å²) in [5.41, 5.74) is 0.456. The van der Waals surface area contributed by atoms with E-state index >= 15 is 0 Å². The maximum absolute atomic E-state index is 14.4. The van der Waals surface area contributed by atoms with Gasteiger partial charge in [0, 0.05) is 43.9 Å². The van der Waals surface area contributed by atoms with Gasteiger partial charge in [-0.25, -0.2) is 4.39 Å². The van der Waals surface area contributed by atoms with Crippen LogP contribution in [0, 0.1) is 5.82 Å². The second-order valence-corrected chi connectivity index (χ2v) is 8.44. The first-order valence-corrected chi connectivity index (χ1v) is 10.4. The van der Waals surface area contributed by atoms with Crippen molar-refractivity contribution in [2.75, 3.05) is 20.1 Å². The highest BCUT2D eigenvalue weighted by Gasteiger charge is 2.38. The van der Waals surface area contributed by atoms with Crippen molar-refractivity contribution in [2.24, 2.45) is 0 Å². The van der Waals surface area contributed by atoms with Crippen LogP contribution >= 0.6 is 0 Å². The fraction of sp³-hybridized carbons (Fsp3) is 0.636. The van der Waals surface area contributed by atoms with Gasteiger partial charge in [-0.1, -0.05) is 31.0 Å². The first-order valence-electron chi connectivity index (χ1n) is 10.4. The van der Waals surface area contributed by atoms with Crippen molar-refractivity contribution in [3.8, 4) is 0 Å². The van der Waals surface area contributed by atoms with Crippen molar-refractivity contribution in [1.82, 2.24) is 15.5 Å². The third kappa shape index (κ3) is 4.72. The van der Waals surface area contributed by atoms with Gasteiger partial charge in [-0.2, -0.15) is 0 Å². The normalized spacial score (nSPS) is 24.2. The van der Waals surface area contributed by atoms with E-state index < -0.39 is 0 Å². The van der Waals surface area contributed by atoms with Crippen LogP contribution in [0.2, 0.25) is 0 Å². The molecule has 2 aliphatic rings. The monoisotopic (exact) mass is 389 g/mol. The summed E-state index contributed by atoms with van der Waals surface area (Å²) in [5, 5.41) is 5.97. The number of likely N-dealkylation sites (N-methyl/N-ethyl adjacent to an activating group) is 1. The lowest BCUT2D eigenvalue weighted by Crippen LogP contribution is -2.44. The number of halogens is 1. The summed E-state index contributed by atoms with van der Waals surface area (Å²) < 4.78 is 14.4. The molecule has 0 unspecified atom stereocenters. The molecule has 1 aliphatic carbocycles. The van der Waals surface area contributed by atoms with Crippen molar-refractivity contribution < 1.29 is 14.0 Å². The number of hydrogen-bond acceptors (Lipinski definition) is 3. The van der Waals surface area contributed by atoms with Gasteiger partial charge in [0.25, 0.3) is 0 Å². The highest BCUT2D eigenvalue weighted by atomic mass is 19.1. The van der Waals surface area contributed by atoms with Crippen molar-refractivity contribution in [3.05, 3.63) is 35.6 Å². The lowest BCUT2D eigenvalue weighted by molar-refractivity contribution is -0.122. The molecular formula is C22H32FN3O2. The molecule has 2 fully saturated rings. The van der Waals surface area contributed by atoms with Gasteiger partial charge >= 0.3 is 0 Å². The average Bonchev–Trinajstić information content (AvgIpc) is 3.27. The third-order valence-corrected chi connectivity index (χ3v) is 6.62. The number of amides is 2. The smallest absolute Gasteiger partial charge is 0.221 e. The Morgan fingerprint density at radius 1 is 1.14 bits per heavy atom. The minimum atomic E-state index is -0.281. The van der Waals surface area contributed by atoms with Crippen LogP contribution in [0.5, 0.6) is 0 Å². The maximum atomic E-state index is 14.4. The molecule has 6 heteroatoms. The summed E-state index contributed by atoms with van der Waals surface area (Å²) in [6.45, 7) is 2.65. The number of carbonyl (C=O) groups is 2. The van der Waals surface area contributed by atoms with Gasteiger partial charge in [-0.15, -0.1) is 0 Å². The van der Waals surface area contributed by atoms with Crippen LogP contribution in [-0.2, 0) is 15.0 Å². The molecule has 1 aromatic rings. The maximum Gasteiger partial charge on any atom is 0.221 e. The number of rotatable bonds is 7. The highest BCUT2D eigenvalue weighted by Crippen LogP contribution is 2.41. The first kappa shape index (κ1) is 20.8. The fourth-order valence-corrected chi connectivity index (χ4v) is 4.88. The summed E-state index contributed by atoms with van der Waals surface area (Å²) in [4.78, 5) is 26.0. The SMILES string of the molecule is CC(=O)NC[C@H]1CC[C@@H](CC(=O)NCC2(c3ccccc3F)CCCC2)N1C. The van der Waals surface area contributed by atoms with Crippen molar-refractivity contribution >= 4 is 11.8 Å². The molecular weight excluding hydrogens is 357 g/mol. The minimum absolute atomic E-state index is 0.0235. The number of nitrogens with zero attached hydrogens (tertiary/aromatic N) is 1. The molecule has 1 aliphatic heterocycles. The van der Waals surface area contributed by atoms with Gasteiger partial charge in [-0.05, 0) is 44.4 Å². The molecule has 0 spiro atoms. The molecule has 154 valence electrons. The summed E-state index contributed by atoms with van der Waals surface area (Å²) in [6.07, 6.45) is 6.34. The number of hydrogen-bond donors (Lipinski definition) is 2. The zero-order chi connectivity index (χ0) is 20.1. The Kier molecular flexibility index (Phi) is 6.70. The number of likely N-dealkylation sites (tertiary alicyclic amines) is 1. The Morgan fingerprint density at radius 3 is 2.50 bits per heavy atom. The van der Waals surface area contributed by atoms with Gasteiger partial charge in [0.15, 0.2) is 0 Å². The van der Waals surface area contributed by atoms with Crippen molar-refractivity contribution in [1.29, 1.82) is 0 Å². The Balaban J connectivity index is 1.55. The summed E-state index contributed by atoms with van der Waals surface area (Å²) in [5.74, 6) is -0.167. The van der Waals surface area contributed by atoms with Crippen LogP contribution in [-0.4, -0.2) is 48.9 Å². The molecule has 0 aromatic heterocycles. The molecule has 3 rings (SSSR count). The zero-order valence-corrected chi connectivity index (χ0v) is 17.0. The van der Waals surface area contributed by atoms with Gasteiger partial charge in [0.05, 0.1) is 0 Å². The van der Waals surface area contributed by atoms with E-state index in [0.29, 0.717) is 19.5 Å². The van der Waals surface area contributed by atoms with Crippen LogP contribution in [0.4, 0.5) is 4.39 Å². The Bertz CT molecular complexity index is 703. The van der Waals surface area contributed by atoms with E-state index in [0.717, 1.165) is 44.1 Å². The predicted molar refractivity (Wildman–Crippen MR) is 107 cm³/mol.